The Bertz CT molecular complexity index is 3130. The number of rotatable bonds is 6. The Labute approximate surface area is 326 Å². The summed E-state index contributed by atoms with van der Waals surface area (Å²) < 4.78 is 5.09. The Balaban J connectivity index is 1.14. The van der Waals surface area contributed by atoms with E-state index in [-0.39, 0.29) is 0 Å². The Morgan fingerprint density at radius 3 is 1.66 bits per heavy atom. The van der Waals surface area contributed by atoms with E-state index in [2.05, 4.69) is 228 Å². The molecule has 1 aliphatic rings. The molecule has 0 bridgehead atoms. The summed E-state index contributed by atoms with van der Waals surface area (Å²) in [6.45, 7) is 0. The molecule has 0 amide bonds. The van der Waals surface area contributed by atoms with E-state index < -0.39 is 5.54 Å². The van der Waals surface area contributed by atoms with Gasteiger partial charge < -0.3 is 9.13 Å². The fraction of sp³-hybridized carbons (Fsp3) is 0.0370. The topological polar surface area (TPSA) is 9.86 Å². The van der Waals surface area contributed by atoms with Crippen molar-refractivity contribution < 1.29 is 0 Å². The van der Waals surface area contributed by atoms with Crippen LogP contribution >= 0.6 is 0 Å². The fourth-order valence-corrected chi connectivity index (χ4v) is 9.33. The summed E-state index contributed by atoms with van der Waals surface area (Å²) in [4.78, 5) is 0. The van der Waals surface area contributed by atoms with Gasteiger partial charge in [-0.2, -0.15) is 0 Å². The predicted octanol–water partition coefficient (Wildman–Crippen LogP) is 14.0. The maximum absolute atomic E-state index is 2.63. The van der Waals surface area contributed by atoms with Gasteiger partial charge in [-0.05, 0) is 75.4 Å². The van der Waals surface area contributed by atoms with Gasteiger partial charge in [0.2, 0.25) is 0 Å². The lowest BCUT2D eigenvalue weighted by atomic mass is 9.78. The van der Waals surface area contributed by atoms with Gasteiger partial charge in [0.1, 0.15) is 0 Å². The quantitative estimate of drug-likeness (QED) is 0.162. The van der Waals surface area contributed by atoms with Gasteiger partial charge in [-0.3, -0.25) is 0 Å². The van der Waals surface area contributed by atoms with Crippen LogP contribution < -0.4 is 0 Å². The van der Waals surface area contributed by atoms with E-state index in [9.17, 15) is 0 Å². The molecule has 1 aliphatic carbocycles. The number of para-hydroxylation sites is 2. The molecule has 0 radical (unpaired) electrons. The van der Waals surface area contributed by atoms with Crippen molar-refractivity contribution in [1.29, 1.82) is 0 Å². The second kappa shape index (κ2) is 13.0. The lowest BCUT2D eigenvalue weighted by Crippen LogP contribution is -2.34. The monoisotopic (exact) mass is 714 g/mol. The first kappa shape index (κ1) is 32.3. The average Bonchev–Trinajstić information content (AvgIpc) is 3.81. The molecule has 2 nitrogen and oxygen atoms in total. The number of hydrogen-bond acceptors (Lipinski definition) is 0. The molecule has 2 heteroatoms. The van der Waals surface area contributed by atoms with Gasteiger partial charge in [-0.25, -0.2) is 0 Å². The summed E-state index contributed by atoms with van der Waals surface area (Å²) in [7, 11) is 0. The zero-order chi connectivity index (χ0) is 37.1. The Morgan fingerprint density at radius 2 is 0.929 bits per heavy atom. The molecule has 1 unspecified atom stereocenters. The fourth-order valence-electron chi connectivity index (χ4n) is 9.33. The van der Waals surface area contributed by atoms with Gasteiger partial charge in [-0.15, -0.1) is 0 Å². The second-order valence-electron chi connectivity index (χ2n) is 14.9. The van der Waals surface area contributed by atoms with Crippen LogP contribution in [0.5, 0.6) is 0 Å². The van der Waals surface area contributed by atoms with Crippen LogP contribution in [0.25, 0.3) is 77.1 Å². The molecule has 0 aliphatic heterocycles. The third kappa shape index (κ3) is 5.03. The molecule has 8 aromatic carbocycles. The van der Waals surface area contributed by atoms with Crippen molar-refractivity contribution in [2.24, 2.45) is 0 Å². The third-order valence-corrected chi connectivity index (χ3v) is 11.8. The summed E-state index contributed by atoms with van der Waals surface area (Å²) in [6, 6.07) is 73.1. The van der Waals surface area contributed by atoms with E-state index in [0.717, 1.165) is 12.1 Å². The standard InChI is InChI=1S/C54H38N2/c1-4-16-38(17-5-1)40-29-31-41(32-30-40)42-20-14-24-45(36-42)55-48-27-12-10-25-46(48)52-50(55)33-34-51-53(52)47-26-11-13-28-49(47)56(51)54(44-22-8-3-9-23-44)35-15-21-43(37-54)39-18-6-2-7-19-39/h1-36H,37H2. The van der Waals surface area contributed by atoms with Gasteiger partial charge in [0.15, 0.2) is 0 Å². The highest BCUT2D eigenvalue weighted by molar-refractivity contribution is 6.28. The molecule has 2 aromatic heterocycles. The molecule has 0 spiro atoms. The van der Waals surface area contributed by atoms with E-state index in [1.165, 1.54) is 82.6 Å². The number of aromatic nitrogens is 2. The van der Waals surface area contributed by atoms with Crippen molar-refractivity contribution in [3.63, 3.8) is 0 Å². The van der Waals surface area contributed by atoms with Gasteiger partial charge in [0.25, 0.3) is 0 Å². The van der Waals surface area contributed by atoms with Crippen LogP contribution in [0.3, 0.4) is 0 Å². The maximum Gasteiger partial charge on any atom is 0.0929 e. The summed E-state index contributed by atoms with van der Waals surface area (Å²) in [5, 5.41) is 5.10. The van der Waals surface area contributed by atoms with Crippen molar-refractivity contribution in [3.8, 4) is 27.9 Å². The molecule has 2 heterocycles. The molecule has 0 fully saturated rings. The molecule has 0 N–H and O–H groups in total. The number of allylic oxidation sites excluding steroid dienone is 4. The lowest BCUT2D eigenvalue weighted by Gasteiger charge is -2.38. The highest BCUT2D eigenvalue weighted by Crippen LogP contribution is 2.48. The van der Waals surface area contributed by atoms with E-state index in [1.54, 1.807) is 0 Å². The Hall–Kier alpha value is -7.16. The third-order valence-electron chi connectivity index (χ3n) is 11.8. The number of nitrogens with zero attached hydrogens (tertiary/aromatic N) is 2. The Morgan fingerprint density at radius 1 is 0.393 bits per heavy atom. The van der Waals surface area contributed by atoms with Gasteiger partial charge in [-0.1, -0.05) is 182 Å². The highest BCUT2D eigenvalue weighted by atomic mass is 15.1. The van der Waals surface area contributed by atoms with Crippen molar-refractivity contribution >= 4 is 49.2 Å². The number of benzene rings is 8. The first-order chi connectivity index (χ1) is 27.8. The summed E-state index contributed by atoms with van der Waals surface area (Å²) in [5.74, 6) is 0. The van der Waals surface area contributed by atoms with Crippen LogP contribution in [0.4, 0.5) is 0 Å². The first-order valence-corrected chi connectivity index (χ1v) is 19.5. The second-order valence-corrected chi connectivity index (χ2v) is 14.9. The SMILES string of the molecule is C1=CC(c2ccccc2)(n2c3ccccc3c3c4c5ccccc5n(-c5cccc(-c6ccc(-c7ccccc7)cc6)c5)c4ccc32)CC(c2ccccc2)=C1. The van der Waals surface area contributed by atoms with E-state index >= 15 is 0 Å². The molecule has 0 saturated heterocycles. The highest BCUT2D eigenvalue weighted by Gasteiger charge is 2.37. The molecule has 264 valence electrons. The van der Waals surface area contributed by atoms with Crippen LogP contribution in [0.1, 0.15) is 17.5 Å². The lowest BCUT2D eigenvalue weighted by molar-refractivity contribution is 0.485. The first-order valence-electron chi connectivity index (χ1n) is 19.5. The molecule has 56 heavy (non-hydrogen) atoms. The van der Waals surface area contributed by atoms with Gasteiger partial charge in [0.05, 0.1) is 27.6 Å². The molecular weight excluding hydrogens is 677 g/mol. The Kier molecular flexibility index (Phi) is 7.50. The summed E-state index contributed by atoms with van der Waals surface area (Å²) in [6.07, 6.45) is 7.82. The van der Waals surface area contributed by atoms with Crippen molar-refractivity contribution in [2.75, 3.05) is 0 Å². The van der Waals surface area contributed by atoms with Gasteiger partial charge >= 0.3 is 0 Å². The summed E-state index contributed by atoms with van der Waals surface area (Å²) in [5.41, 5.74) is 14.3. The maximum atomic E-state index is 2.63. The van der Waals surface area contributed by atoms with Crippen LogP contribution in [0.2, 0.25) is 0 Å². The van der Waals surface area contributed by atoms with Gasteiger partial charge in [0, 0.05) is 33.7 Å². The molecule has 1 atom stereocenters. The smallest absolute Gasteiger partial charge is 0.0929 e. The van der Waals surface area contributed by atoms with Crippen LogP contribution in [-0.4, -0.2) is 9.13 Å². The minimum absolute atomic E-state index is 0.445. The number of fused-ring (bicyclic) bond motifs is 7. The van der Waals surface area contributed by atoms with E-state index in [0.29, 0.717) is 0 Å². The van der Waals surface area contributed by atoms with E-state index in [4.69, 9.17) is 0 Å². The largest absolute Gasteiger partial charge is 0.326 e. The zero-order valence-electron chi connectivity index (χ0n) is 30.9. The van der Waals surface area contributed by atoms with Crippen molar-refractivity contribution in [1.82, 2.24) is 9.13 Å². The minimum Gasteiger partial charge on any atom is -0.326 e. The molecular formula is C54H38N2. The molecule has 11 rings (SSSR count). The average molecular weight is 715 g/mol. The normalized spacial score (nSPS) is 15.5. The molecule has 0 saturated carbocycles. The van der Waals surface area contributed by atoms with Crippen molar-refractivity contribution in [3.05, 3.63) is 230 Å². The predicted molar refractivity (Wildman–Crippen MR) is 236 cm³/mol. The molecule has 10 aromatic rings. The van der Waals surface area contributed by atoms with Crippen LogP contribution in [0, 0.1) is 0 Å². The summed E-state index contributed by atoms with van der Waals surface area (Å²) >= 11 is 0. The number of hydrogen-bond donors (Lipinski definition) is 0. The zero-order valence-corrected chi connectivity index (χ0v) is 30.9. The van der Waals surface area contributed by atoms with Crippen LogP contribution in [0.15, 0.2) is 218 Å². The van der Waals surface area contributed by atoms with Crippen LogP contribution in [-0.2, 0) is 5.54 Å². The van der Waals surface area contributed by atoms with E-state index in [1.807, 2.05) is 0 Å². The minimum atomic E-state index is -0.445. The van der Waals surface area contributed by atoms with Crippen molar-refractivity contribution in [2.45, 2.75) is 12.0 Å².